The smallest absolute Gasteiger partial charge is 0.337 e. The quantitative estimate of drug-likeness (QED) is 0.557. The van der Waals surface area contributed by atoms with Crippen molar-refractivity contribution in [1.29, 1.82) is 0 Å². The first-order valence-corrected chi connectivity index (χ1v) is 10.8. The van der Waals surface area contributed by atoms with Gasteiger partial charge in [-0.25, -0.2) is 18.7 Å². The lowest BCUT2D eigenvalue weighted by molar-refractivity contribution is 0.0601. The summed E-state index contributed by atoms with van der Waals surface area (Å²) in [5, 5.41) is 0.258. The number of anilines is 1. The molecule has 9 heteroatoms. The average molecular weight is 459 g/mol. The second-order valence-electron chi connectivity index (χ2n) is 7.99. The Morgan fingerprint density at radius 1 is 1.12 bits per heavy atom. The number of fused-ring (bicyclic) bond motifs is 1. The second-order valence-corrected chi connectivity index (χ2v) is 8.40. The number of benzene rings is 2. The van der Waals surface area contributed by atoms with Crippen LogP contribution in [-0.2, 0) is 4.74 Å². The minimum atomic E-state index is -0.563. The monoisotopic (exact) mass is 458 g/mol. The maximum atomic E-state index is 13.8. The number of ether oxygens (including phenoxy) is 1. The SMILES string of the molecule is COC(=O)c1ccc2c(=O)n(-c3ccc(F)c(Cl)c3)c(N3CCN(C(C)C)CC3)nc2c1. The van der Waals surface area contributed by atoms with E-state index in [0.717, 1.165) is 13.1 Å². The number of aromatic nitrogens is 2. The van der Waals surface area contributed by atoms with Gasteiger partial charge in [-0.1, -0.05) is 11.6 Å². The van der Waals surface area contributed by atoms with E-state index >= 15 is 0 Å². The maximum Gasteiger partial charge on any atom is 0.337 e. The molecule has 4 rings (SSSR count). The number of methoxy groups -OCH3 is 1. The first kappa shape index (κ1) is 22.2. The predicted octanol–water partition coefficient (Wildman–Crippen LogP) is 3.50. The van der Waals surface area contributed by atoms with Crippen molar-refractivity contribution in [2.24, 2.45) is 0 Å². The van der Waals surface area contributed by atoms with Crippen LogP contribution in [0.4, 0.5) is 10.3 Å². The summed E-state index contributed by atoms with van der Waals surface area (Å²) in [5.74, 6) is -0.641. The van der Waals surface area contributed by atoms with Gasteiger partial charge in [-0.15, -0.1) is 0 Å². The Labute approximate surface area is 190 Å². The zero-order valence-corrected chi connectivity index (χ0v) is 18.9. The summed E-state index contributed by atoms with van der Waals surface area (Å²) in [7, 11) is 1.30. The summed E-state index contributed by atoms with van der Waals surface area (Å²) >= 11 is 6.02. The zero-order valence-electron chi connectivity index (χ0n) is 18.1. The maximum absolute atomic E-state index is 13.8. The molecule has 2 heterocycles. The molecule has 0 saturated carbocycles. The average Bonchev–Trinajstić information content (AvgIpc) is 2.80. The number of carbonyl (C=O) groups is 1. The van der Waals surface area contributed by atoms with Gasteiger partial charge in [-0.3, -0.25) is 9.69 Å². The molecular formula is C23H24ClFN4O3. The van der Waals surface area contributed by atoms with E-state index in [1.165, 1.54) is 35.9 Å². The second kappa shape index (κ2) is 8.88. The van der Waals surface area contributed by atoms with Crippen molar-refractivity contribution in [1.82, 2.24) is 14.5 Å². The molecule has 0 unspecified atom stereocenters. The molecule has 168 valence electrons. The molecule has 7 nitrogen and oxygen atoms in total. The van der Waals surface area contributed by atoms with Gasteiger partial charge < -0.3 is 9.64 Å². The van der Waals surface area contributed by atoms with E-state index in [1.807, 2.05) is 4.90 Å². The van der Waals surface area contributed by atoms with E-state index in [2.05, 4.69) is 18.7 Å². The molecular weight excluding hydrogens is 435 g/mol. The van der Waals surface area contributed by atoms with E-state index in [0.29, 0.717) is 47.2 Å². The van der Waals surface area contributed by atoms with Crippen LogP contribution in [0, 0.1) is 5.82 Å². The predicted molar refractivity (Wildman–Crippen MR) is 123 cm³/mol. The Balaban J connectivity index is 1.90. The molecule has 0 radical (unpaired) electrons. The van der Waals surface area contributed by atoms with Crippen LogP contribution in [0.1, 0.15) is 24.2 Å². The third kappa shape index (κ3) is 4.08. The number of esters is 1. The number of nitrogens with zero attached hydrogens (tertiary/aromatic N) is 4. The third-order valence-corrected chi connectivity index (χ3v) is 6.05. The van der Waals surface area contributed by atoms with Crippen LogP contribution in [0.3, 0.4) is 0 Å². The summed E-state index contributed by atoms with van der Waals surface area (Å²) in [6.07, 6.45) is 0. The number of hydrogen-bond donors (Lipinski definition) is 0. The van der Waals surface area contributed by atoms with E-state index in [9.17, 15) is 14.0 Å². The van der Waals surface area contributed by atoms with Crippen LogP contribution in [0.5, 0.6) is 0 Å². The van der Waals surface area contributed by atoms with Crippen LogP contribution >= 0.6 is 11.6 Å². The van der Waals surface area contributed by atoms with Gasteiger partial charge in [0.05, 0.1) is 34.3 Å². The lowest BCUT2D eigenvalue weighted by Crippen LogP contribution is -2.50. The Bertz CT molecular complexity index is 1240. The Hall–Kier alpha value is -2.97. The summed E-state index contributed by atoms with van der Waals surface area (Å²) in [6.45, 7) is 7.27. The van der Waals surface area contributed by atoms with Crippen LogP contribution < -0.4 is 10.5 Å². The highest BCUT2D eigenvalue weighted by Gasteiger charge is 2.24. The molecule has 0 bridgehead atoms. The lowest BCUT2D eigenvalue weighted by Gasteiger charge is -2.38. The van der Waals surface area contributed by atoms with E-state index < -0.39 is 11.8 Å². The molecule has 2 aromatic carbocycles. The fourth-order valence-corrected chi connectivity index (χ4v) is 4.10. The Morgan fingerprint density at radius 3 is 2.47 bits per heavy atom. The summed E-state index contributed by atoms with van der Waals surface area (Å²) < 4.78 is 20.1. The van der Waals surface area contributed by atoms with Gasteiger partial charge in [0.15, 0.2) is 0 Å². The fourth-order valence-electron chi connectivity index (χ4n) is 3.93. The molecule has 0 atom stereocenters. The minimum Gasteiger partial charge on any atom is -0.465 e. The molecule has 32 heavy (non-hydrogen) atoms. The summed E-state index contributed by atoms with van der Waals surface area (Å²) in [6, 6.07) is 9.21. The van der Waals surface area contributed by atoms with Crippen molar-refractivity contribution in [2.45, 2.75) is 19.9 Å². The molecule has 1 aromatic heterocycles. The highest BCUT2D eigenvalue weighted by atomic mass is 35.5. The minimum absolute atomic E-state index is 0.0777. The number of piperazine rings is 1. The van der Waals surface area contributed by atoms with Crippen molar-refractivity contribution < 1.29 is 13.9 Å². The molecule has 1 aliphatic heterocycles. The molecule has 0 aliphatic carbocycles. The topological polar surface area (TPSA) is 67.7 Å². The molecule has 3 aromatic rings. The Kier molecular flexibility index (Phi) is 6.17. The molecule has 0 N–H and O–H groups in total. The normalized spacial score (nSPS) is 14.9. The van der Waals surface area contributed by atoms with Crippen molar-refractivity contribution >= 4 is 34.4 Å². The van der Waals surface area contributed by atoms with E-state index in [4.69, 9.17) is 21.3 Å². The Morgan fingerprint density at radius 2 is 1.84 bits per heavy atom. The zero-order chi connectivity index (χ0) is 23.0. The molecule has 1 aliphatic rings. The van der Waals surface area contributed by atoms with E-state index in [1.54, 1.807) is 12.1 Å². The van der Waals surface area contributed by atoms with Gasteiger partial charge in [-0.05, 0) is 50.2 Å². The summed E-state index contributed by atoms with van der Waals surface area (Å²) in [5.41, 5.74) is 0.804. The number of rotatable bonds is 4. The highest BCUT2D eigenvalue weighted by molar-refractivity contribution is 6.30. The van der Waals surface area contributed by atoms with E-state index in [-0.39, 0.29) is 10.6 Å². The third-order valence-electron chi connectivity index (χ3n) is 5.76. The number of halogens is 2. The number of hydrogen-bond acceptors (Lipinski definition) is 6. The van der Waals surface area contributed by atoms with Crippen LogP contribution in [0.2, 0.25) is 5.02 Å². The first-order chi connectivity index (χ1) is 15.3. The van der Waals surface area contributed by atoms with Gasteiger partial charge in [-0.2, -0.15) is 0 Å². The van der Waals surface area contributed by atoms with Crippen LogP contribution in [0.25, 0.3) is 16.6 Å². The van der Waals surface area contributed by atoms with Crippen LogP contribution in [0.15, 0.2) is 41.2 Å². The highest BCUT2D eigenvalue weighted by Crippen LogP contribution is 2.25. The molecule has 1 fully saturated rings. The molecule has 0 amide bonds. The van der Waals surface area contributed by atoms with Crippen molar-refractivity contribution in [3.05, 3.63) is 63.2 Å². The van der Waals surface area contributed by atoms with Gasteiger partial charge in [0, 0.05) is 32.2 Å². The van der Waals surface area contributed by atoms with Gasteiger partial charge >= 0.3 is 5.97 Å². The van der Waals surface area contributed by atoms with Gasteiger partial charge in [0.1, 0.15) is 5.82 Å². The molecule has 1 saturated heterocycles. The fraction of sp³-hybridized carbons (Fsp3) is 0.348. The standard InChI is InChI=1S/C23H24ClFN4O3/c1-14(2)27-8-10-28(11-9-27)23-26-20-12-15(22(31)32-3)4-6-17(20)21(30)29(23)16-5-7-19(25)18(24)13-16/h4-7,12-14H,8-11H2,1-3H3. The van der Waals surface area contributed by atoms with Gasteiger partial charge in [0.2, 0.25) is 5.95 Å². The van der Waals surface area contributed by atoms with Crippen molar-refractivity contribution in [2.75, 3.05) is 38.2 Å². The summed E-state index contributed by atoms with van der Waals surface area (Å²) in [4.78, 5) is 34.7. The first-order valence-electron chi connectivity index (χ1n) is 10.4. The lowest BCUT2D eigenvalue weighted by atomic mass is 10.1. The largest absolute Gasteiger partial charge is 0.465 e. The molecule has 0 spiro atoms. The number of carbonyl (C=O) groups excluding carboxylic acids is 1. The van der Waals surface area contributed by atoms with Crippen molar-refractivity contribution in [3.63, 3.8) is 0 Å². The van der Waals surface area contributed by atoms with Gasteiger partial charge in [0.25, 0.3) is 5.56 Å². The van der Waals surface area contributed by atoms with Crippen molar-refractivity contribution in [3.8, 4) is 5.69 Å². The van der Waals surface area contributed by atoms with Crippen LogP contribution in [-0.4, -0.2) is 59.8 Å².